The third kappa shape index (κ3) is 4.32. The standard InChI is InChI=1S/C17H15ClN4O2S/c1-2-8-22-16(14-7-4-9-24-14)20-21-17(22)25-11-15(23)19-13-6-3-5-12(18)10-13/h2-7,9-10H,1,8,11H2,(H,19,23). The number of halogens is 1. The van der Waals surface area contributed by atoms with Crippen LogP contribution in [-0.4, -0.2) is 26.4 Å². The van der Waals surface area contributed by atoms with E-state index in [1.807, 2.05) is 10.6 Å². The summed E-state index contributed by atoms with van der Waals surface area (Å²) >= 11 is 7.20. The molecular formula is C17H15ClN4O2S. The van der Waals surface area contributed by atoms with E-state index in [-0.39, 0.29) is 11.7 Å². The van der Waals surface area contributed by atoms with E-state index in [0.717, 1.165) is 0 Å². The lowest BCUT2D eigenvalue weighted by molar-refractivity contribution is -0.113. The molecule has 0 spiro atoms. The molecule has 3 aromatic rings. The normalized spacial score (nSPS) is 10.6. The number of allylic oxidation sites excluding steroid dienone is 1. The number of hydrogen-bond acceptors (Lipinski definition) is 5. The highest BCUT2D eigenvalue weighted by atomic mass is 35.5. The van der Waals surface area contributed by atoms with Crippen LogP contribution in [0.1, 0.15) is 0 Å². The van der Waals surface area contributed by atoms with Crippen molar-refractivity contribution >= 4 is 35.0 Å². The Bertz CT molecular complexity index is 877. The number of nitrogens with one attached hydrogen (secondary N) is 1. The number of furan rings is 1. The van der Waals surface area contributed by atoms with E-state index >= 15 is 0 Å². The van der Waals surface area contributed by atoms with Crippen LogP contribution in [0.3, 0.4) is 0 Å². The van der Waals surface area contributed by atoms with Crippen molar-refractivity contribution in [2.75, 3.05) is 11.1 Å². The molecule has 6 nitrogen and oxygen atoms in total. The summed E-state index contributed by atoms with van der Waals surface area (Å²) < 4.78 is 7.23. The lowest BCUT2D eigenvalue weighted by atomic mass is 10.3. The van der Waals surface area contributed by atoms with E-state index < -0.39 is 0 Å². The summed E-state index contributed by atoms with van der Waals surface area (Å²) in [7, 11) is 0. The fourth-order valence-corrected chi connectivity index (χ4v) is 3.11. The third-order valence-electron chi connectivity index (χ3n) is 3.21. The van der Waals surface area contributed by atoms with Gasteiger partial charge in [-0.25, -0.2) is 0 Å². The maximum atomic E-state index is 12.1. The van der Waals surface area contributed by atoms with Crippen LogP contribution in [0.2, 0.25) is 5.02 Å². The highest BCUT2D eigenvalue weighted by molar-refractivity contribution is 7.99. The highest BCUT2D eigenvalue weighted by Gasteiger charge is 2.16. The van der Waals surface area contributed by atoms with Crippen molar-refractivity contribution < 1.29 is 9.21 Å². The van der Waals surface area contributed by atoms with Crippen LogP contribution < -0.4 is 5.32 Å². The molecule has 2 aromatic heterocycles. The van der Waals surface area contributed by atoms with Gasteiger partial charge in [-0.2, -0.15) is 0 Å². The van der Waals surface area contributed by atoms with Gasteiger partial charge in [0, 0.05) is 17.3 Å². The van der Waals surface area contributed by atoms with Gasteiger partial charge in [0.2, 0.25) is 11.7 Å². The number of thioether (sulfide) groups is 1. The Hall–Kier alpha value is -2.51. The van der Waals surface area contributed by atoms with Crippen molar-refractivity contribution in [2.24, 2.45) is 0 Å². The van der Waals surface area contributed by atoms with Crippen LogP contribution in [0.5, 0.6) is 0 Å². The molecule has 0 bridgehead atoms. The smallest absolute Gasteiger partial charge is 0.234 e. The van der Waals surface area contributed by atoms with Gasteiger partial charge in [0.05, 0.1) is 12.0 Å². The number of carbonyl (C=O) groups excluding carboxylic acids is 1. The first-order chi connectivity index (χ1) is 12.2. The molecule has 1 N–H and O–H groups in total. The molecule has 128 valence electrons. The van der Waals surface area contributed by atoms with Gasteiger partial charge in [-0.1, -0.05) is 35.5 Å². The summed E-state index contributed by atoms with van der Waals surface area (Å²) in [6, 6.07) is 10.6. The molecule has 0 atom stereocenters. The summed E-state index contributed by atoms with van der Waals surface area (Å²) in [5.41, 5.74) is 0.655. The molecule has 0 saturated heterocycles. The topological polar surface area (TPSA) is 73.0 Å². The molecule has 0 aliphatic carbocycles. The van der Waals surface area contributed by atoms with Crippen molar-refractivity contribution in [1.29, 1.82) is 0 Å². The van der Waals surface area contributed by atoms with Crippen LogP contribution in [-0.2, 0) is 11.3 Å². The van der Waals surface area contributed by atoms with Crippen molar-refractivity contribution in [1.82, 2.24) is 14.8 Å². The fourth-order valence-electron chi connectivity index (χ4n) is 2.17. The zero-order valence-corrected chi connectivity index (χ0v) is 14.8. The molecule has 0 radical (unpaired) electrons. The Labute approximate surface area is 153 Å². The second-order valence-corrected chi connectivity index (χ2v) is 6.41. The minimum Gasteiger partial charge on any atom is -0.461 e. The van der Waals surface area contributed by atoms with Gasteiger partial charge < -0.3 is 9.73 Å². The van der Waals surface area contributed by atoms with E-state index in [9.17, 15) is 4.79 Å². The second-order valence-electron chi connectivity index (χ2n) is 5.03. The second kappa shape index (κ2) is 8.04. The molecule has 25 heavy (non-hydrogen) atoms. The molecule has 1 amide bonds. The average molecular weight is 375 g/mol. The zero-order valence-electron chi connectivity index (χ0n) is 13.2. The Morgan fingerprint density at radius 1 is 1.36 bits per heavy atom. The number of nitrogens with zero attached hydrogens (tertiary/aromatic N) is 3. The number of aromatic nitrogens is 3. The van der Waals surface area contributed by atoms with Gasteiger partial charge in [0.25, 0.3) is 0 Å². The van der Waals surface area contributed by atoms with Crippen molar-refractivity contribution in [2.45, 2.75) is 11.7 Å². The van der Waals surface area contributed by atoms with Gasteiger partial charge in [0.1, 0.15) is 0 Å². The van der Waals surface area contributed by atoms with Gasteiger partial charge in [-0.3, -0.25) is 9.36 Å². The summed E-state index contributed by atoms with van der Waals surface area (Å²) in [6.45, 7) is 4.27. The molecule has 1 aromatic carbocycles. The van der Waals surface area contributed by atoms with Crippen LogP contribution in [0.4, 0.5) is 5.69 Å². The highest BCUT2D eigenvalue weighted by Crippen LogP contribution is 2.24. The molecule has 0 aliphatic rings. The van der Waals surface area contributed by atoms with Crippen LogP contribution in [0.15, 0.2) is 64.9 Å². The maximum absolute atomic E-state index is 12.1. The maximum Gasteiger partial charge on any atom is 0.234 e. The van der Waals surface area contributed by atoms with E-state index in [0.29, 0.717) is 34.0 Å². The molecule has 8 heteroatoms. The number of benzene rings is 1. The molecule has 0 unspecified atom stereocenters. The molecule has 2 heterocycles. The summed E-state index contributed by atoms with van der Waals surface area (Å²) in [5, 5.41) is 12.3. The quantitative estimate of drug-likeness (QED) is 0.497. The molecule has 0 fully saturated rings. The Morgan fingerprint density at radius 3 is 2.96 bits per heavy atom. The Kier molecular flexibility index (Phi) is 5.57. The molecule has 3 rings (SSSR count). The van der Waals surface area contributed by atoms with E-state index in [1.54, 1.807) is 42.7 Å². The lowest BCUT2D eigenvalue weighted by Crippen LogP contribution is -2.14. The molecule has 0 saturated carbocycles. The van der Waals surface area contributed by atoms with Crippen LogP contribution in [0, 0.1) is 0 Å². The predicted molar refractivity (Wildman–Crippen MR) is 98.7 cm³/mol. The Morgan fingerprint density at radius 2 is 2.24 bits per heavy atom. The first-order valence-corrected chi connectivity index (χ1v) is 8.80. The summed E-state index contributed by atoms with van der Waals surface area (Å²) in [5.74, 6) is 1.26. The Balaban J connectivity index is 1.68. The van der Waals surface area contributed by atoms with E-state index in [2.05, 4.69) is 22.1 Å². The molecule has 0 aliphatic heterocycles. The first kappa shape index (κ1) is 17.3. The summed E-state index contributed by atoms with van der Waals surface area (Å²) in [6.07, 6.45) is 3.32. The number of carbonyl (C=O) groups is 1. The van der Waals surface area contributed by atoms with Crippen molar-refractivity contribution in [3.63, 3.8) is 0 Å². The van der Waals surface area contributed by atoms with Gasteiger partial charge in [-0.15, -0.1) is 16.8 Å². The fraction of sp³-hybridized carbons (Fsp3) is 0.118. The molecular weight excluding hydrogens is 360 g/mol. The largest absolute Gasteiger partial charge is 0.461 e. The zero-order chi connectivity index (χ0) is 17.6. The number of rotatable bonds is 7. The number of hydrogen-bond donors (Lipinski definition) is 1. The SMILES string of the molecule is C=CCn1c(SCC(=O)Nc2cccc(Cl)c2)nnc1-c1ccco1. The third-order valence-corrected chi connectivity index (χ3v) is 4.41. The van der Waals surface area contributed by atoms with Gasteiger partial charge in [0.15, 0.2) is 10.9 Å². The minimum absolute atomic E-state index is 0.153. The average Bonchev–Trinajstić information content (AvgIpc) is 3.23. The monoisotopic (exact) mass is 374 g/mol. The van der Waals surface area contributed by atoms with Crippen molar-refractivity contribution in [3.8, 4) is 11.6 Å². The minimum atomic E-state index is -0.153. The number of anilines is 1. The van der Waals surface area contributed by atoms with Gasteiger partial charge >= 0.3 is 0 Å². The summed E-state index contributed by atoms with van der Waals surface area (Å²) in [4.78, 5) is 12.1. The van der Waals surface area contributed by atoms with E-state index in [1.165, 1.54) is 11.8 Å². The van der Waals surface area contributed by atoms with Crippen molar-refractivity contribution in [3.05, 3.63) is 60.3 Å². The van der Waals surface area contributed by atoms with Gasteiger partial charge in [-0.05, 0) is 30.3 Å². The lowest BCUT2D eigenvalue weighted by Gasteiger charge is -2.07. The van der Waals surface area contributed by atoms with E-state index in [4.69, 9.17) is 16.0 Å². The predicted octanol–water partition coefficient (Wildman–Crippen LogP) is 4.11. The van der Waals surface area contributed by atoms with Crippen LogP contribution in [0.25, 0.3) is 11.6 Å². The first-order valence-electron chi connectivity index (χ1n) is 7.43. The van der Waals surface area contributed by atoms with Crippen LogP contribution >= 0.6 is 23.4 Å². The number of amides is 1.